The number of carbonyl (C=O) groups is 1. The molecule has 1 unspecified atom stereocenters. The van der Waals surface area contributed by atoms with Gasteiger partial charge in [0.05, 0.1) is 24.2 Å². The van der Waals surface area contributed by atoms with E-state index < -0.39 is 6.10 Å². The Morgan fingerprint density at radius 2 is 2.05 bits per heavy atom. The molecule has 2 N–H and O–H groups in total. The zero-order chi connectivity index (χ0) is 14.1. The van der Waals surface area contributed by atoms with Crippen LogP contribution in [-0.4, -0.2) is 45.7 Å². The summed E-state index contributed by atoms with van der Waals surface area (Å²) in [5.41, 5.74) is 0.590. The van der Waals surface area contributed by atoms with E-state index in [2.05, 4.69) is 15.3 Å². The fourth-order valence-corrected chi connectivity index (χ4v) is 2.17. The molecule has 6 heteroatoms. The predicted molar refractivity (Wildman–Crippen MR) is 74.4 cm³/mol. The number of aliphatic hydroxyl groups is 1. The maximum Gasteiger partial charge on any atom is 0.321 e. The van der Waals surface area contributed by atoms with Crippen LogP contribution in [-0.2, 0) is 0 Å². The molecular weight excluding hydrogens is 256 g/mol. The Morgan fingerprint density at radius 1 is 1.40 bits per heavy atom. The lowest BCUT2D eigenvalue weighted by molar-refractivity contribution is 0.117. The minimum Gasteiger partial charge on any atom is -0.391 e. The van der Waals surface area contributed by atoms with Crippen molar-refractivity contribution in [2.45, 2.75) is 37.7 Å². The Labute approximate surface area is 118 Å². The summed E-state index contributed by atoms with van der Waals surface area (Å²) in [6.45, 7) is 0.359. The number of aromatic nitrogens is 2. The van der Waals surface area contributed by atoms with Crippen LogP contribution in [0.25, 0.3) is 0 Å². The van der Waals surface area contributed by atoms with Crippen LogP contribution >= 0.6 is 0 Å². The number of urea groups is 1. The summed E-state index contributed by atoms with van der Waals surface area (Å²) < 4.78 is 0. The number of aliphatic hydroxyl groups excluding tert-OH is 1. The van der Waals surface area contributed by atoms with E-state index in [1.165, 1.54) is 4.90 Å². The summed E-state index contributed by atoms with van der Waals surface area (Å²) in [4.78, 5) is 22.0. The monoisotopic (exact) mass is 276 g/mol. The fraction of sp³-hybridized carbons (Fsp3) is 0.643. The Hall–Kier alpha value is -1.69. The van der Waals surface area contributed by atoms with E-state index in [0.717, 1.165) is 31.5 Å². The number of likely N-dealkylation sites (N-methyl/N-ethyl adjacent to an activating group) is 1. The first kappa shape index (κ1) is 13.3. The van der Waals surface area contributed by atoms with Gasteiger partial charge in [-0.25, -0.2) is 14.8 Å². The molecule has 1 atom stereocenters. The molecule has 2 saturated carbocycles. The van der Waals surface area contributed by atoms with E-state index in [9.17, 15) is 9.90 Å². The highest BCUT2D eigenvalue weighted by Gasteiger charge is 2.31. The summed E-state index contributed by atoms with van der Waals surface area (Å²) in [6.07, 6.45) is 7.31. The number of rotatable bonds is 5. The Balaban J connectivity index is 1.51. The van der Waals surface area contributed by atoms with Gasteiger partial charge in [-0.15, -0.1) is 0 Å². The van der Waals surface area contributed by atoms with Crippen molar-refractivity contribution in [2.24, 2.45) is 5.92 Å². The molecule has 0 spiro atoms. The zero-order valence-electron chi connectivity index (χ0n) is 11.6. The normalized spacial score (nSPS) is 19.5. The second-order valence-corrected chi connectivity index (χ2v) is 5.82. The standard InChI is InChI=1S/C14H20N4O2/c1-18(8-12(19)9-2-3-9)14(20)17-11-6-15-13(16-7-11)10-4-5-10/h6-7,9-10,12,19H,2-5,8H2,1H3,(H,17,20). The van der Waals surface area contributed by atoms with Gasteiger partial charge in [-0.2, -0.15) is 0 Å². The number of nitrogens with one attached hydrogen (secondary N) is 1. The molecule has 0 aliphatic heterocycles. The summed E-state index contributed by atoms with van der Waals surface area (Å²) in [7, 11) is 1.68. The fourth-order valence-electron chi connectivity index (χ4n) is 2.17. The lowest BCUT2D eigenvalue weighted by Gasteiger charge is -2.21. The highest BCUT2D eigenvalue weighted by atomic mass is 16.3. The molecule has 0 aromatic carbocycles. The Kier molecular flexibility index (Phi) is 3.56. The summed E-state index contributed by atoms with van der Waals surface area (Å²) in [5.74, 6) is 1.74. The smallest absolute Gasteiger partial charge is 0.321 e. The van der Waals surface area contributed by atoms with E-state index in [1.54, 1.807) is 19.4 Å². The molecule has 0 radical (unpaired) electrons. The second-order valence-electron chi connectivity index (χ2n) is 5.82. The summed E-state index contributed by atoms with van der Waals surface area (Å²) in [5, 5.41) is 12.6. The molecular formula is C14H20N4O2. The lowest BCUT2D eigenvalue weighted by Crippen LogP contribution is -2.38. The number of anilines is 1. The first-order valence-corrected chi connectivity index (χ1v) is 7.15. The third-order valence-electron chi connectivity index (χ3n) is 3.84. The molecule has 2 aliphatic carbocycles. The average molecular weight is 276 g/mol. The van der Waals surface area contributed by atoms with Gasteiger partial charge in [0.2, 0.25) is 0 Å². The summed E-state index contributed by atoms with van der Waals surface area (Å²) >= 11 is 0. The van der Waals surface area contributed by atoms with Crippen LogP contribution in [0.2, 0.25) is 0 Å². The predicted octanol–water partition coefficient (Wildman–Crippen LogP) is 1.59. The average Bonchev–Trinajstić information content (AvgIpc) is 3.31. The van der Waals surface area contributed by atoms with E-state index in [0.29, 0.717) is 24.1 Å². The van der Waals surface area contributed by atoms with Gasteiger partial charge in [0, 0.05) is 19.5 Å². The minimum atomic E-state index is -0.417. The van der Waals surface area contributed by atoms with E-state index in [4.69, 9.17) is 0 Å². The zero-order valence-corrected chi connectivity index (χ0v) is 11.6. The largest absolute Gasteiger partial charge is 0.391 e. The van der Waals surface area contributed by atoms with Crippen molar-refractivity contribution < 1.29 is 9.90 Å². The Morgan fingerprint density at radius 3 is 2.60 bits per heavy atom. The van der Waals surface area contributed by atoms with Crippen LogP contribution in [0.1, 0.15) is 37.4 Å². The third-order valence-corrected chi connectivity index (χ3v) is 3.84. The molecule has 1 aromatic rings. The Bertz CT molecular complexity index is 482. The van der Waals surface area contributed by atoms with E-state index >= 15 is 0 Å². The molecule has 2 amide bonds. The molecule has 0 bridgehead atoms. The van der Waals surface area contributed by atoms with Gasteiger partial charge in [0.25, 0.3) is 0 Å². The molecule has 1 aromatic heterocycles. The number of carbonyl (C=O) groups excluding carboxylic acids is 1. The van der Waals surface area contributed by atoms with Gasteiger partial charge in [0.15, 0.2) is 0 Å². The SMILES string of the molecule is CN(CC(O)C1CC1)C(=O)Nc1cnc(C2CC2)nc1. The van der Waals surface area contributed by atoms with Crippen LogP contribution < -0.4 is 5.32 Å². The molecule has 0 saturated heterocycles. The number of hydrogen-bond donors (Lipinski definition) is 2. The maximum absolute atomic E-state index is 12.0. The van der Waals surface area contributed by atoms with Gasteiger partial charge >= 0.3 is 6.03 Å². The lowest BCUT2D eigenvalue weighted by atomic mass is 10.2. The third kappa shape index (κ3) is 3.25. The molecule has 108 valence electrons. The van der Waals surface area contributed by atoms with Crippen molar-refractivity contribution in [3.05, 3.63) is 18.2 Å². The van der Waals surface area contributed by atoms with Crippen molar-refractivity contribution in [1.82, 2.24) is 14.9 Å². The van der Waals surface area contributed by atoms with Crippen LogP contribution in [0.15, 0.2) is 12.4 Å². The molecule has 3 rings (SSSR count). The van der Waals surface area contributed by atoms with Gasteiger partial charge in [-0.1, -0.05) is 0 Å². The van der Waals surface area contributed by atoms with Crippen molar-refractivity contribution >= 4 is 11.7 Å². The van der Waals surface area contributed by atoms with E-state index in [-0.39, 0.29) is 6.03 Å². The molecule has 6 nitrogen and oxygen atoms in total. The van der Waals surface area contributed by atoms with Gasteiger partial charge in [-0.05, 0) is 31.6 Å². The molecule has 1 heterocycles. The molecule has 20 heavy (non-hydrogen) atoms. The van der Waals surface area contributed by atoms with Crippen LogP contribution in [0.3, 0.4) is 0 Å². The number of nitrogens with zero attached hydrogens (tertiary/aromatic N) is 3. The first-order chi connectivity index (χ1) is 9.63. The quantitative estimate of drug-likeness (QED) is 0.856. The van der Waals surface area contributed by atoms with Crippen molar-refractivity contribution in [3.8, 4) is 0 Å². The molecule has 2 fully saturated rings. The first-order valence-electron chi connectivity index (χ1n) is 7.15. The summed E-state index contributed by atoms with van der Waals surface area (Å²) in [6, 6.07) is -0.243. The highest BCUT2D eigenvalue weighted by molar-refractivity contribution is 5.88. The number of hydrogen-bond acceptors (Lipinski definition) is 4. The van der Waals surface area contributed by atoms with Crippen molar-refractivity contribution in [2.75, 3.05) is 18.9 Å². The van der Waals surface area contributed by atoms with Gasteiger partial charge < -0.3 is 15.3 Å². The number of amides is 2. The minimum absolute atomic E-state index is 0.243. The van der Waals surface area contributed by atoms with Crippen LogP contribution in [0.4, 0.5) is 10.5 Å². The van der Waals surface area contributed by atoms with E-state index in [1.807, 2.05) is 0 Å². The highest BCUT2D eigenvalue weighted by Crippen LogP contribution is 2.37. The molecule has 2 aliphatic rings. The van der Waals surface area contributed by atoms with Crippen LogP contribution in [0, 0.1) is 5.92 Å². The van der Waals surface area contributed by atoms with Crippen LogP contribution in [0.5, 0.6) is 0 Å². The van der Waals surface area contributed by atoms with Gasteiger partial charge in [0.1, 0.15) is 5.82 Å². The van der Waals surface area contributed by atoms with Crippen molar-refractivity contribution in [1.29, 1.82) is 0 Å². The van der Waals surface area contributed by atoms with Crippen molar-refractivity contribution in [3.63, 3.8) is 0 Å². The second kappa shape index (κ2) is 5.36. The topological polar surface area (TPSA) is 78.4 Å². The van der Waals surface area contributed by atoms with Gasteiger partial charge in [-0.3, -0.25) is 0 Å². The maximum atomic E-state index is 12.0.